The van der Waals surface area contributed by atoms with Crippen LogP contribution in [-0.2, 0) is 4.52 Å². The minimum absolute atomic E-state index is 0.478. The Bertz CT molecular complexity index is 140. The maximum absolute atomic E-state index is 8.22. The van der Waals surface area contributed by atoms with Crippen LogP contribution >= 0.6 is 8.96 Å². The van der Waals surface area contributed by atoms with Crippen LogP contribution in [0.15, 0.2) is 0 Å². The summed E-state index contributed by atoms with van der Waals surface area (Å²) in [6.45, 7) is 2.93. The molecule has 1 unspecified atom stereocenters. The molecule has 0 amide bonds. The minimum Gasteiger partial charge on any atom is -0.345 e. The van der Waals surface area contributed by atoms with E-state index >= 15 is 0 Å². The average Bonchev–Trinajstić information content (AvgIpc) is 2.50. The van der Waals surface area contributed by atoms with Gasteiger partial charge < -0.3 is 4.52 Å². The van der Waals surface area contributed by atoms with Crippen LogP contribution in [0.3, 0.4) is 0 Å². The van der Waals surface area contributed by atoms with Gasteiger partial charge in [0.25, 0.3) is 0 Å². The molecule has 1 fully saturated rings. The first-order valence-corrected chi connectivity index (χ1v) is 4.78. The van der Waals surface area contributed by atoms with Gasteiger partial charge in [-0.3, -0.25) is 4.67 Å². The van der Waals surface area contributed by atoms with E-state index in [1.54, 1.807) is 0 Å². The Kier molecular flexibility index (Phi) is 4.45. The number of hydrogen-bond donors (Lipinski definition) is 0. The summed E-state index contributed by atoms with van der Waals surface area (Å²) in [5, 5.41) is 8.22. The van der Waals surface area contributed by atoms with E-state index in [1.807, 2.05) is 0 Å². The average molecular weight is 172 g/mol. The normalized spacial score (nSPS) is 19.5. The van der Waals surface area contributed by atoms with Crippen LogP contribution in [0.4, 0.5) is 0 Å². The predicted molar refractivity (Wildman–Crippen MR) is 45.3 cm³/mol. The second-order valence-corrected chi connectivity index (χ2v) is 3.65. The third-order valence-corrected chi connectivity index (χ3v) is 2.65. The summed E-state index contributed by atoms with van der Waals surface area (Å²) in [6.07, 6.45) is 3.12. The van der Waals surface area contributed by atoms with Gasteiger partial charge in [-0.25, -0.2) is 0 Å². The van der Waals surface area contributed by atoms with Crippen LogP contribution in [0.1, 0.15) is 19.3 Å². The van der Waals surface area contributed by atoms with E-state index in [0.717, 1.165) is 0 Å². The molecular formula is C7H13N2OP. The lowest BCUT2D eigenvalue weighted by atomic mass is 10.4. The van der Waals surface area contributed by atoms with Crippen molar-refractivity contribution >= 4 is 8.96 Å². The fourth-order valence-electron chi connectivity index (χ4n) is 1.04. The lowest BCUT2D eigenvalue weighted by Gasteiger charge is -2.12. The lowest BCUT2D eigenvalue weighted by molar-refractivity contribution is 0.341. The van der Waals surface area contributed by atoms with Crippen LogP contribution in [0.25, 0.3) is 0 Å². The predicted octanol–water partition coefficient (Wildman–Crippen LogP) is 1.52. The third kappa shape index (κ3) is 3.67. The van der Waals surface area contributed by atoms with Gasteiger partial charge in [-0.15, -0.1) is 0 Å². The van der Waals surface area contributed by atoms with Crippen molar-refractivity contribution in [1.82, 2.24) is 4.67 Å². The molecule has 0 spiro atoms. The second kappa shape index (κ2) is 5.49. The number of nitriles is 1. The summed E-state index contributed by atoms with van der Waals surface area (Å²) < 4.78 is 7.59. The molecule has 1 aliphatic rings. The highest BCUT2D eigenvalue weighted by Gasteiger charge is 2.10. The molecule has 1 rings (SSSR count). The number of hydrogen-bond acceptors (Lipinski definition) is 3. The van der Waals surface area contributed by atoms with Gasteiger partial charge in [0.15, 0.2) is 0 Å². The quantitative estimate of drug-likeness (QED) is 0.476. The topological polar surface area (TPSA) is 36.3 Å². The van der Waals surface area contributed by atoms with Gasteiger partial charge in [0, 0.05) is 13.1 Å². The molecule has 62 valence electrons. The van der Waals surface area contributed by atoms with E-state index in [-0.39, 0.29) is 0 Å². The highest BCUT2D eigenvalue weighted by molar-refractivity contribution is 7.29. The highest BCUT2D eigenvalue weighted by atomic mass is 31.1. The van der Waals surface area contributed by atoms with E-state index in [9.17, 15) is 0 Å². The van der Waals surface area contributed by atoms with Crippen molar-refractivity contribution in [1.29, 1.82) is 5.26 Å². The third-order valence-electron chi connectivity index (χ3n) is 1.62. The molecule has 1 saturated heterocycles. The molecule has 3 nitrogen and oxygen atoms in total. The van der Waals surface area contributed by atoms with Crippen LogP contribution in [-0.4, -0.2) is 24.4 Å². The largest absolute Gasteiger partial charge is 0.345 e. The van der Waals surface area contributed by atoms with E-state index in [2.05, 4.69) is 10.7 Å². The fourth-order valence-corrected chi connectivity index (χ4v) is 1.92. The van der Waals surface area contributed by atoms with Crippen molar-refractivity contribution in [2.24, 2.45) is 0 Å². The molecular weight excluding hydrogens is 159 g/mol. The molecule has 1 heterocycles. The van der Waals surface area contributed by atoms with Gasteiger partial charge in [0.05, 0.1) is 28.1 Å². The summed E-state index contributed by atoms with van der Waals surface area (Å²) in [4.78, 5) is 0. The molecule has 0 radical (unpaired) electrons. The molecule has 0 saturated carbocycles. The minimum atomic E-state index is 0.478. The Morgan fingerprint density at radius 2 is 2.18 bits per heavy atom. The summed E-state index contributed by atoms with van der Waals surface area (Å²) in [7, 11) is 0.478. The Morgan fingerprint density at radius 1 is 1.45 bits per heavy atom. The Labute approximate surface area is 69.2 Å². The molecule has 4 heteroatoms. The molecule has 1 aliphatic heterocycles. The Balaban J connectivity index is 1.90. The van der Waals surface area contributed by atoms with Crippen LogP contribution in [0.2, 0.25) is 0 Å². The zero-order valence-electron chi connectivity index (χ0n) is 6.55. The van der Waals surface area contributed by atoms with Gasteiger partial charge in [0.1, 0.15) is 0 Å². The van der Waals surface area contributed by atoms with Crippen molar-refractivity contribution in [2.75, 3.05) is 19.7 Å². The van der Waals surface area contributed by atoms with E-state index < -0.39 is 0 Å². The molecule has 0 aromatic heterocycles. The van der Waals surface area contributed by atoms with E-state index in [4.69, 9.17) is 9.79 Å². The molecule has 11 heavy (non-hydrogen) atoms. The summed E-state index contributed by atoms with van der Waals surface area (Å²) in [6, 6.07) is 2.05. The molecule has 0 bridgehead atoms. The number of nitrogens with zero attached hydrogens (tertiary/aromatic N) is 2. The summed E-state index contributed by atoms with van der Waals surface area (Å²) in [5.41, 5.74) is 0. The fraction of sp³-hybridized carbons (Fsp3) is 0.857. The highest BCUT2D eigenvalue weighted by Crippen LogP contribution is 2.24. The standard InChI is InChI=1S/C7H13N2OP/c8-4-3-7-10-11-9-5-1-2-6-9/h11H,1-3,5-7H2. The Hall–Kier alpha value is -0.160. The van der Waals surface area contributed by atoms with Crippen molar-refractivity contribution in [2.45, 2.75) is 19.3 Å². The van der Waals surface area contributed by atoms with Crippen molar-refractivity contribution in [3.8, 4) is 6.07 Å². The smallest absolute Gasteiger partial charge is 0.0889 e. The SMILES string of the molecule is N#CCCOPN1CCCC1. The van der Waals surface area contributed by atoms with Gasteiger partial charge in [-0.2, -0.15) is 5.26 Å². The molecule has 0 N–H and O–H groups in total. The second-order valence-electron chi connectivity index (χ2n) is 2.54. The maximum Gasteiger partial charge on any atom is 0.0889 e. The first kappa shape index (κ1) is 8.93. The van der Waals surface area contributed by atoms with Crippen LogP contribution in [0.5, 0.6) is 0 Å². The van der Waals surface area contributed by atoms with Gasteiger partial charge >= 0.3 is 0 Å². The van der Waals surface area contributed by atoms with Crippen molar-refractivity contribution in [3.63, 3.8) is 0 Å². The summed E-state index contributed by atoms with van der Waals surface area (Å²) in [5.74, 6) is 0. The molecule has 0 aromatic rings. The zero-order chi connectivity index (χ0) is 7.94. The zero-order valence-corrected chi connectivity index (χ0v) is 7.55. The molecule has 0 aliphatic carbocycles. The van der Waals surface area contributed by atoms with Gasteiger partial charge in [0.2, 0.25) is 0 Å². The van der Waals surface area contributed by atoms with Crippen LogP contribution < -0.4 is 0 Å². The van der Waals surface area contributed by atoms with E-state index in [0.29, 0.717) is 22.0 Å². The summed E-state index contributed by atoms with van der Waals surface area (Å²) >= 11 is 0. The van der Waals surface area contributed by atoms with Crippen molar-refractivity contribution in [3.05, 3.63) is 0 Å². The number of rotatable bonds is 4. The lowest BCUT2D eigenvalue weighted by Crippen LogP contribution is -2.07. The first-order chi connectivity index (χ1) is 5.43. The molecule has 1 atom stereocenters. The van der Waals surface area contributed by atoms with Gasteiger partial charge in [-0.1, -0.05) is 0 Å². The first-order valence-electron chi connectivity index (χ1n) is 3.93. The monoisotopic (exact) mass is 172 g/mol. The van der Waals surface area contributed by atoms with Gasteiger partial charge in [-0.05, 0) is 12.8 Å². The van der Waals surface area contributed by atoms with E-state index in [1.165, 1.54) is 25.9 Å². The maximum atomic E-state index is 8.22. The van der Waals surface area contributed by atoms with Crippen molar-refractivity contribution < 1.29 is 4.52 Å². The van der Waals surface area contributed by atoms with Crippen LogP contribution in [0, 0.1) is 11.3 Å². The Morgan fingerprint density at radius 3 is 2.82 bits per heavy atom. The molecule has 0 aromatic carbocycles.